The molecule has 140 valence electrons. The van der Waals surface area contributed by atoms with Gasteiger partial charge in [0, 0.05) is 29.7 Å². The average molecular weight is 385 g/mol. The number of ether oxygens (including phenoxy) is 1. The predicted octanol–water partition coefficient (Wildman–Crippen LogP) is 3.88. The molecular weight excluding hydrogens is 365 g/mol. The Kier molecular flexibility index (Phi) is 4.80. The van der Waals surface area contributed by atoms with Crippen LogP contribution in [0.15, 0.2) is 30.5 Å². The molecule has 0 aliphatic carbocycles. The number of carbonyl (C=O) groups excluding carboxylic acids is 1. The van der Waals surface area contributed by atoms with Gasteiger partial charge in [0.15, 0.2) is 10.7 Å². The van der Waals surface area contributed by atoms with Gasteiger partial charge in [-0.05, 0) is 44.2 Å². The fourth-order valence-electron chi connectivity index (χ4n) is 3.25. The van der Waals surface area contributed by atoms with Crippen molar-refractivity contribution < 1.29 is 13.9 Å². The number of ketones is 1. The summed E-state index contributed by atoms with van der Waals surface area (Å²) in [4.78, 5) is 21.0. The number of rotatable bonds is 4. The second-order valence-corrected chi connectivity index (χ2v) is 7.75. The van der Waals surface area contributed by atoms with Gasteiger partial charge in [0.2, 0.25) is 0 Å². The Morgan fingerprint density at radius 3 is 2.81 bits per heavy atom. The standard InChI is InChI=1S/C20H20FN3O2S/c1-13-12-24-17(14(2)22-20(24)27-13)5-6-19(25)15-3-4-18(16(21)11-15)23-7-9-26-10-8-23/h3-6,11-12H,7-10H2,1-2H3/b6-5+. The number of hydrogen-bond acceptors (Lipinski definition) is 5. The summed E-state index contributed by atoms with van der Waals surface area (Å²) >= 11 is 1.60. The first kappa shape index (κ1) is 17.9. The molecule has 0 unspecified atom stereocenters. The first-order valence-electron chi connectivity index (χ1n) is 8.82. The Balaban J connectivity index is 1.56. The van der Waals surface area contributed by atoms with Crippen LogP contribution in [0.25, 0.3) is 11.0 Å². The summed E-state index contributed by atoms with van der Waals surface area (Å²) in [6, 6.07) is 4.66. The molecule has 1 saturated heterocycles. The summed E-state index contributed by atoms with van der Waals surface area (Å²) in [7, 11) is 0. The molecular formula is C20H20FN3O2S. The van der Waals surface area contributed by atoms with Crippen LogP contribution in [0.4, 0.5) is 10.1 Å². The van der Waals surface area contributed by atoms with E-state index >= 15 is 0 Å². The fraction of sp³-hybridized carbons (Fsp3) is 0.300. The summed E-state index contributed by atoms with van der Waals surface area (Å²) in [6.45, 7) is 6.41. The van der Waals surface area contributed by atoms with E-state index in [0.29, 0.717) is 37.6 Å². The van der Waals surface area contributed by atoms with Crippen LogP contribution in [0.3, 0.4) is 0 Å². The van der Waals surface area contributed by atoms with Gasteiger partial charge in [0.25, 0.3) is 0 Å². The number of morpholine rings is 1. The maximum Gasteiger partial charge on any atom is 0.194 e. The SMILES string of the molecule is Cc1cn2c(/C=C/C(=O)c3ccc(N4CCOCC4)c(F)c3)c(C)nc2s1. The van der Waals surface area contributed by atoms with Crippen molar-refractivity contribution in [1.29, 1.82) is 0 Å². The molecule has 0 atom stereocenters. The van der Waals surface area contributed by atoms with Crippen LogP contribution in [0.5, 0.6) is 0 Å². The highest BCUT2D eigenvalue weighted by molar-refractivity contribution is 7.17. The number of aromatic nitrogens is 2. The number of thiazole rings is 1. The molecule has 0 saturated carbocycles. The van der Waals surface area contributed by atoms with Crippen LogP contribution in [0.2, 0.25) is 0 Å². The van der Waals surface area contributed by atoms with E-state index in [1.807, 2.05) is 29.3 Å². The van der Waals surface area contributed by atoms with Crippen LogP contribution in [-0.4, -0.2) is 41.5 Å². The second kappa shape index (κ2) is 7.25. The molecule has 0 radical (unpaired) electrons. The normalized spacial score (nSPS) is 15.1. The number of allylic oxidation sites excluding steroid dienone is 1. The summed E-state index contributed by atoms with van der Waals surface area (Å²) in [6.07, 6.45) is 5.23. The molecule has 4 rings (SSSR count). The third-order valence-electron chi connectivity index (χ3n) is 4.64. The van der Waals surface area contributed by atoms with E-state index in [0.717, 1.165) is 21.2 Å². The summed E-state index contributed by atoms with van der Waals surface area (Å²) in [5.41, 5.74) is 2.58. The molecule has 1 fully saturated rings. The van der Waals surface area contributed by atoms with Crippen molar-refractivity contribution >= 4 is 33.8 Å². The lowest BCUT2D eigenvalue weighted by Gasteiger charge is -2.29. The molecule has 5 nitrogen and oxygen atoms in total. The van der Waals surface area contributed by atoms with E-state index in [2.05, 4.69) is 4.98 Å². The summed E-state index contributed by atoms with van der Waals surface area (Å²) < 4.78 is 21.8. The van der Waals surface area contributed by atoms with E-state index < -0.39 is 0 Å². The molecule has 1 aliphatic rings. The molecule has 27 heavy (non-hydrogen) atoms. The zero-order valence-electron chi connectivity index (χ0n) is 15.2. The first-order valence-corrected chi connectivity index (χ1v) is 9.64. The van der Waals surface area contributed by atoms with Crippen LogP contribution in [0.1, 0.15) is 26.6 Å². The van der Waals surface area contributed by atoms with Crippen molar-refractivity contribution in [2.24, 2.45) is 0 Å². The van der Waals surface area contributed by atoms with Gasteiger partial charge in [-0.3, -0.25) is 9.20 Å². The summed E-state index contributed by atoms with van der Waals surface area (Å²) in [5.74, 6) is -0.615. The lowest BCUT2D eigenvalue weighted by atomic mass is 10.1. The van der Waals surface area contributed by atoms with Gasteiger partial charge in [0.1, 0.15) is 5.82 Å². The highest BCUT2D eigenvalue weighted by atomic mass is 32.1. The molecule has 1 aliphatic heterocycles. The van der Waals surface area contributed by atoms with Crippen molar-refractivity contribution in [2.75, 3.05) is 31.2 Å². The van der Waals surface area contributed by atoms with Crippen molar-refractivity contribution in [2.45, 2.75) is 13.8 Å². The van der Waals surface area contributed by atoms with Gasteiger partial charge in [-0.25, -0.2) is 9.37 Å². The highest BCUT2D eigenvalue weighted by Crippen LogP contribution is 2.23. The number of halogens is 1. The second-order valence-electron chi connectivity index (χ2n) is 6.54. The number of anilines is 1. The largest absolute Gasteiger partial charge is 0.378 e. The molecule has 3 heterocycles. The van der Waals surface area contributed by atoms with Crippen LogP contribution in [0, 0.1) is 19.7 Å². The number of carbonyl (C=O) groups is 1. The number of aryl methyl sites for hydroxylation is 2. The molecule has 1 aromatic carbocycles. The Labute approximate surface area is 160 Å². The van der Waals surface area contributed by atoms with Gasteiger partial charge < -0.3 is 9.64 Å². The van der Waals surface area contributed by atoms with Gasteiger partial charge >= 0.3 is 0 Å². The third kappa shape index (κ3) is 3.52. The van der Waals surface area contributed by atoms with Crippen molar-refractivity contribution in [1.82, 2.24) is 9.38 Å². The van der Waals surface area contributed by atoms with E-state index in [4.69, 9.17) is 4.74 Å². The molecule has 0 amide bonds. The Bertz CT molecular complexity index is 1030. The minimum atomic E-state index is -0.382. The van der Waals surface area contributed by atoms with Crippen LogP contribution < -0.4 is 4.90 Å². The molecule has 0 bridgehead atoms. The Morgan fingerprint density at radius 2 is 2.07 bits per heavy atom. The number of fused-ring (bicyclic) bond motifs is 1. The van der Waals surface area contributed by atoms with Crippen molar-refractivity contribution in [3.63, 3.8) is 0 Å². The van der Waals surface area contributed by atoms with E-state index in [1.54, 1.807) is 29.5 Å². The third-order valence-corrected chi connectivity index (χ3v) is 5.54. The van der Waals surface area contributed by atoms with Crippen molar-refractivity contribution in [3.8, 4) is 0 Å². The quantitative estimate of drug-likeness (QED) is 0.505. The van der Waals surface area contributed by atoms with Gasteiger partial charge in [-0.2, -0.15) is 0 Å². The zero-order valence-corrected chi connectivity index (χ0v) is 16.1. The number of imidazole rings is 1. The molecule has 7 heteroatoms. The summed E-state index contributed by atoms with van der Waals surface area (Å²) in [5, 5.41) is 0. The Hall–Kier alpha value is -2.51. The number of hydrogen-bond donors (Lipinski definition) is 0. The predicted molar refractivity (Wildman–Crippen MR) is 105 cm³/mol. The number of nitrogens with zero attached hydrogens (tertiary/aromatic N) is 3. The van der Waals surface area contributed by atoms with Crippen LogP contribution in [-0.2, 0) is 4.74 Å². The first-order chi connectivity index (χ1) is 13.0. The number of benzene rings is 1. The van der Waals surface area contributed by atoms with Gasteiger partial charge in [-0.1, -0.05) is 0 Å². The molecule has 0 spiro atoms. The highest BCUT2D eigenvalue weighted by Gasteiger charge is 2.16. The molecule has 3 aromatic rings. The topological polar surface area (TPSA) is 46.8 Å². The minimum absolute atomic E-state index is 0.233. The lowest BCUT2D eigenvalue weighted by molar-refractivity contribution is 0.104. The van der Waals surface area contributed by atoms with Gasteiger partial charge in [-0.15, -0.1) is 11.3 Å². The van der Waals surface area contributed by atoms with E-state index in [-0.39, 0.29) is 11.6 Å². The van der Waals surface area contributed by atoms with E-state index in [9.17, 15) is 9.18 Å². The minimum Gasteiger partial charge on any atom is -0.378 e. The van der Waals surface area contributed by atoms with Crippen molar-refractivity contribution in [3.05, 3.63) is 58.1 Å². The molecule has 0 N–H and O–H groups in total. The van der Waals surface area contributed by atoms with Crippen LogP contribution >= 0.6 is 11.3 Å². The zero-order chi connectivity index (χ0) is 19.0. The molecule has 2 aromatic heterocycles. The maximum absolute atomic E-state index is 14.5. The maximum atomic E-state index is 14.5. The fourth-order valence-corrected chi connectivity index (χ4v) is 4.13. The smallest absolute Gasteiger partial charge is 0.194 e. The van der Waals surface area contributed by atoms with E-state index in [1.165, 1.54) is 12.1 Å². The monoisotopic (exact) mass is 385 g/mol. The Morgan fingerprint density at radius 1 is 1.30 bits per heavy atom. The lowest BCUT2D eigenvalue weighted by Crippen LogP contribution is -2.36. The van der Waals surface area contributed by atoms with Gasteiger partial charge in [0.05, 0.1) is 30.3 Å². The average Bonchev–Trinajstić information content (AvgIpc) is 3.15.